The third-order valence-electron chi connectivity index (χ3n) is 3.34. The van der Waals surface area contributed by atoms with Crippen LogP contribution in [-0.2, 0) is 11.3 Å². The summed E-state index contributed by atoms with van der Waals surface area (Å²) in [6.45, 7) is 2.79. The summed E-state index contributed by atoms with van der Waals surface area (Å²) in [7, 11) is 2.03. The van der Waals surface area contributed by atoms with Gasteiger partial charge in [0.05, 0.1) is 0 Å². The molecule has 0 spiro atoms. The van der Waals surface area contributed by atoms with Gasteiger partial charge in [-0.15, -0.1) is 0 Å². The Kier molecular flexibility index (Phi) is 4.77. The first-order chi connectivity index (χ1) is 10.1. The first-order valence-electron chi connectivity index (χ1n) is 6.83. The molecular formula is C18H19NO2. The highest BCUT2D eigenvalue weighted by Gasteiger charge is 2.05. The lowest BCUT2D eigenvalue weighted by Crippen LogP contribution is -2.16. The van der Waals surface area contributed by atoms with Crippen molar-refractivity contribution in [1.29, 1.82) is 0 Å². The number of rotatable bonds is 5. The molecular weight excluding hydrogens is 262 g/mol. The third-order valence-corrected chi connectivity index (χ3v) is 3.34. The van der Waals surface area contributed by atoms with Crippen LogP contribution in [0, 0.1) is 6.92 Å². The number of hydrogen-bond donors (Lipinski definition) is 1. The molecule has 3 heteroatoms. The Morgan fingerprint density at radius 3 is 2.48 bits per heavy atom. The van der Waals surface area contributed by atoms with Crippen molar-refractivity contribution in [3.8, 4) is 0 Å². The van der Waals surface area contributed by atoms with E-state index in [0.717, 1.165) is 23.4 Å². The Labute approximate surface area is 125 Å². The highest BCUT2D eigenvalue weighted by atomic mass is 16.4. The fourth-order valence-electron chi connectivity index (χ4n) is 2.15. The first kappa shape index (κ1) is 14.9. The predicted molar refractivity (Wildman–Crippen MR) is 86.4 cm³/mol. The van der Waals surface area contributed by atoms with Crippen LogP contribution in [0.25, 0.3) is 6.08 Å². The van der Waals surface area contributed by atoms with E-state index >= 15 is 0 Å². The van der Waals surface area contributed by atoms with Crippen molar-refractivity contribution in [1.82, 2.24) is 0 Å². The van der Waals surface area contributed by atoms with Crippen LogP contribution in [0.5, 0.6) is 0 Å². The molecule has 0 fully saturated rings. The molecule has 0 saturated carbocycles. The van der Waals surface area contributed by atoms with E-state index in [9.17, 15) is 4.79 Å². The molecule has 0 bridgehead atoms. The summed E-state index contributed by atoms with van der Waals surface area (Å²) in [6, 6.07) is 16.2. The second-order valence-electron chi connectivity index (χ2n) is 5.06. The number of carboxylic acids is 1. The van der Waals surface area contributed by atoms with Gasteiger partial charge < -0.3 is 10.0 Å². The van der Waals surface area contributed by atoms with E-state index in [1.54, 1.807) is 6.08 Å². The van der Waals surface area contributed by atoms with Crippen LogP contribution in [0.4, 0.5) is 5.69 Å². The van der Waals surface area contributed by atoms with Crippen molar-refractivity contribution in [3.05, 3.63) is 71.3 Å². The van der Waals surface area contributed by atoms with E-state index < -0.39 is 5.97 Å². The molecule has 1 N–H and O–H groups in total. The quantitative estimate of drug-likeness (QED) is 0.849. The van der Waals surface area contributed by atoms with Crippen LogP contribution in [0.2, 0.25) is 0 Å². The third kappa shape index (κ3) is 4.21. The van der Waals surface area contributed by atoms with E-state index in [2.05, 4.69) is 36.1 Å². The van der Waals surface area contributed by atoms with Gasteiger partial charge in [0.25, 0.3) is 0 Å². The van der Waals surface area contributed by atoms with E-state index in [1.165, 1.54) is 11.6 Å². The SMILES string of the molecule is Cc1ccc(N(C)Cc2ccccc2C=CC(=O)O)cc1. The molecule has 2 aromatic carbocycles. The fraction of sp³-hybridized carbons (Fsp3) is 0.167. The van der Waals surface area contributed by atoms with E-state index in [-0.39, 0.29) is 0 Å². The topological polar surface area (TPSA) is 40.5 Å². The van der Waals surface area contributed by atoms with Crippen molar-refractivity contribution in [2.24, 2.45) is 0 Å². The molecule has 0 aliphatic carbocycles. The van der Waals surface area contributed by atoms with Gasteiger partial charge in [-0.3, -0.25) is 0 Å². The van der Waals surface area contributed by atoms with E-state index in [0.29, 0.717) is 0 Å². The van der Waals surface area contributed by atoms with Gasteiger partial charge in [-0.2, -0.15) is 0 Å². The van der Waals surface area contributed by atoms with Gasteiger partial charge in [0.15, 0.2) is 0 Å². The minimum absolute atomic E-state index is 0.725. The monoisotopic (exact) mass is 281 g/mol. The van der Waals surface area contributed by atoms with Gasteiger partial charge >= 0.3 is 5.97 Å². The Bertz CT molecular complexity index is 645. The van der Waals surface area contributed by atoms with Gasteiger partial charge in [0.2, 0.25) is 0 Å². The lowest BCUT2D eigenvalue weighted by atomic mass is 10.1. The number of aliphatic carboxylic acids is 1. The standard InChI is InChI=1S/C18H19NO2/c1-14-7-10-17(11-8-14)19(2)13-16-6-4-3-5-15(16)9-12-18(20)21/h3-12H,13H2,1-2H3,(H,20,21). The number of hydrogen-bond acceptors (Lipinski definition) is 2. The molecule has 0 heterocycles. The molecule has 0 amide bonds. The Morgan fingerprint density at radius 2 is 1.81 bits per heavy atom. The minimum Gasteiger partial charge on any atom is -0.478 e. The molecule has 3 nitrogen and oxygen atoms in total. The van der Waals surface area contributed by atoms with Gasteiger partial charge in [-0.05, 0) is 36.3 Å². The lowest BCUT2D eigenvalue weighted by Gasteiger charge is -2.20. The summed E-state index contributed by atoms with van der Waals surface area (Å²) in [5.74, 6) is -0.934. The molecule has 2 rings (SSSR count). The predicted octanol–water partition coefficient (Wildman–Crippen LogP) is 3.73. The number of anilines is 1. The number of benzene rings is 2. The number of carbonyl (C=O) groups is 1. The largest absolute Gasteiger partial charge is 0.478 e. The van der Waals surface area contributed by atoms with Crippen LogP contribution in [0.3, 0.4) is 0 Å². The highest BCUT2D eigenvalue weighted by molar-refractivity contribution is 5.85. The molecule has 0 saturated heterocycles. The molecule has 0 radical (unpaired) electrons. The first-order valence-corrected chi connectivity index (χ1v) is 6.83. The zero-order valence-corrected chi connectivity index (χ0v) is 12.3. The Balaban J connectivity index is 2.19. The molecule has 2 aromatic rings. The molecule has 0 aromatic heterocycles. The van der Waals surface area contributed by atoms with Crippen LogP contribution in [0.15, 0.2) is 54.6 Å². The summed E-state index contributed by atoms with van der Waals surface area (Å²) < 4.78 is 0. The van der Waals surface area contributed by atoms with Crippen molar-refractivity contribution in [3.63, 3.8) is 0 Å². The summed E-state index contributed by atoms with van der Waals surface area (Å²) >= 11 is 0. The van der Waals surface area contributed by atoms with Gasteiger partial charge in [0, 0.05) is 25.4 Å². The molecule has 0 aliphatic heterocycles. The van der Waals surface area contributed by atoms with E-state index in [4.69, 9.17) is 5.11 Å². The maximum atomic E-state index is 10.7. The fourth-order valence-corrected chi connectivity index (χ4v) is 2.15. The zero-order valence-electron chi connectivity index (χ0n) is 12.3. The van der Waals surface area contributed by atoms with Crippen molar-refractivity contribution in [2.75, 3.05) is 11.9 Å². The van der Waals surface area contributed by atoms with Gasteiger partial charge in [0.1, 0.15) is 0 Å². The molecule has 21 heavy (non-hydrogen) atoms. The van der Waals surface area contributed by atoms with Crippen molar-refractivity contribution in [2.45, 2.75) is 13.5 Å². The maximum absolute atomic E-state index is 10.7. The van der Waals surface area contributed by atoms with Crippen molar-refractivity contribution >= 4 is 17.7 Å². The number of carboxylic acid groups (broad SMARTS) is 1. The number of nitrogens with zero attached hydrogens (tertiary/aromatic N) is 1. The van der Waals surface area contributed by atoms with Gasteiger partial charge in [-0.25, -0.2) is 4.79 Å². The second-order valence-corrected chi connectivity index (χ2v) is 5.06. The summed E-state index contributed by atoms with van der Waals surface area (Å²) in [5.41, 5.74) is 4.39. The van der Waals surface area contributed by atoms with Gasteiger partial charge in [-0.1, -0.05) is 42.0 Å². The zero-order chi connectivity index (χ0) is 15.2. The normalized spacial score (nSPS) is 10.8. The average Bonchev–Trinajstić information content (AvgIpc) is 2.47. The molecule has 0 aliphatic rings. The average molecular weight is 281 g/mol. The van der Waals surface area contributed by atoms with Crippen molar-refractivity contribution < 1.29 is 9.90 Å². The smallest absolute Gasteiger partial charge is 0.328 e. The second kappa shape index (κ2) is 6.75. The highest BCUT2D eigenvalue weighted by Crippen LogP contribution is 2.19. The molecule has 108 valence electrons. The van der Waals surface area contributed by atoms with E-state index in [1.807, 2.05) is 31.3 Å². The molecule has 0 unspecified atom stereocenters. The van der Waals surface area contributed by atoms with Crippen LogP contribution in [0.1, 0.15) is 16.7 Å². The Morgan fingerprint density at radius 1 is 1.14 bits per heavy atom. The summed E-state index contributed by atoms with van der Waals surface area (Å²) in [6.07, 6.45) is 2.81. The lowest BCUT2D eigenvalue weighted by molar-refractivity contribution is -0.131. The van der Waals surface area contributed by atoms with Crippen LogP contribution >= 0.6 is 0 Å². The Hall–Kier alpha value is -2.55. The summed E-state index contributed by atoms with van der Waals surface area (Å²) in [4.78, 5) is 12.8. The van der Waals surface area contributed by atoms with Crippen LogP contribution in [-0.4, -0.2) is 18.1 Å². The maximum Gasteiger partial charge on any atom is 0.328 e. The summed E-state index contributed by atoms with van der Waals surface area (Å²) in [5, 5.41) is 8.75. The number of aryl methyl sites for hydroxylation is 1. The minimum atomic E-state index is -0.934. The molecule has 0 atom stereocenters. The van der Waals surface area contributed by atoms with Crippen LogP contribution < -0.4 is 4.90 Å².